The summed E-state index contributed by atoms with van der Waals surface area (Å²) in [5.74, 6) is -0.595. The molecule has 0 N–H and O–H groups in total. The van der Waals surface area contributed by atoms with Crippen molar-refractivity contribution in [2.24, 2.45) is 0 Å². The zero-order valence-electron chi connectivity index (χ0n) is 15.8. The third-order valence-electron chi connectivity index (χ3n) is 4.81. The molecule has 0 spiro atoms. The Balaban J connectivity index is 1.63. The minimum atomic E-state index is -3.57. The van der Waals surface area contributed by atoms with Crippen LogP contribution in [-0.4, -0.2) is 36.7 Å². The monoisotopic (exact) mass is 418 g/mol. The van der Waals surface area contributed by atoms with Crippen molar-refractivity contribution in [1.29, 1.82) is 0 Å². The van der Waals surface area contributed by atoms with E-state index in [4.69, 9.17) is 4.74 Å². The lowest BCUT2D eigenvalue weighted by atomic mass is 10.2. The van der Waals surface area contributed by atoms with Crippen molar-refractivity contribution in [2.45, 2.75) is 37.2 Å². The van der Waals surface area contributed by atoms with Gasteiger partial charge >= 0.3 is 5.97 Å². The number of hydrogen-bond donors (Lipinski definition) is 0. The molecule has 29 heavy (non-hydrogen) atoms. The number of nitrogens with zero attached hydrogens (tertiary/aromatic N) is 2. The molecule has 154 valence electrons. The lowest BCUT2D eigenvalue weighted by Crippen LogP contribution is -2.31. The number of nitro groups is 1. The van der Waals surface area contributed by atoms with Crippen LogP contribution in [-0.2, 0) is 21.4 Å². The maximum atomic E-state index is 12.8. The van der Waals surface area contributed by atoms with Crippen molar-refractivity contribution in [3.05, 3.63) is 69.8 Å². The van der Waals surface area contributed by atoms with E-state index in [1.54, 1.807) is 0 Å². The molecule has 3 rings (SSSR count). The average molecular weight is 418 g/mol. The van der Waals surface area contributed by atoms with Gasteiger partial charge in [-0.2, -0.15) is 4.31 Å². The van der Waals surface area contributed by atoms with Crippen molar-refractivity contribution < 1.29 is 22.9 Å². The molecule has 2 aromatic rings. The van der Waals surface area contributed by atoms with E-state index in [1.165, 1.54) is 52.8 Å². The number of nitro benzene ring substituents is 1. The molecular formula is C20H22N2O6S. The third-order valence-corrected chi connectivity index (χ3v) is 6.72. The van der Waals surface area contributed by atoms with Gasteiger partial charge in [0.1, 0.15) is 6.61 Å². The highest BCUT2D eigenvalue weighted by atomic mass is 32.2. The maximum absolute atomic E-state index is 12.8. The molecule has 1 heterocycles. The van der Waals surface area contributed by atoms with Gasteiger partial charge < -0.3 is 4.74 Å². The summed E-state index contributed by atoms with van der Waals surface area (Å²) in [6.07, 6.45) is 3.77. The summed E-state index contributed by atoms with van der Waals surface area (Å²) in [7, 11) is -3.57. The first kappa shape index (κ1) is 20.9. The van der Waals surface area contributed by atoms with Crippen molar-refractivity contribution in [3.8, 4) is 0 Å². The maximum Gasteiger partial charge on any atom is 0.338 e. The second kappa shape index (κ2) is 9.15. The Morgan fingerprint density at radius 1 is 0.966 bits per heavy atom. The predicted octanol–water partition coefficient (Wildman–Crippen LogP) is 3.52. The standard InChI is InChI=1S/C20H22N2O6S/c23-20(28-15-16-5-9-18(10-6-16)22(24)25)17-7-11-19(12-8-17)29(26,27)21-13-3-1-2-4-14-21/h5-12H,1-4,13-15H2. The minimum absolute atomic E-state index is 0.0370. The van der Waals surface area contributed by atoms with E-state index in [9.17, 15) is 23.3 Å². The van der Waals surface area contributed by atoms with E-state index < -0.39 is 20.9 Å². The lowest BCUT2D eigenvalue weighted by Gasteiger charge is -2.20. The van der Waals surface area contributed by atoms with E-state index in [0.29, 0.717) is 18.7 Å². The number of hydrogen-bond acceptors (Lipinski definition) is 6. The van der Waals surface area contributed by atoms with E-state index in [2.05, 4.69) is 0 Å². The minimum Gasteiger partial charge on any atom is -0.457 e. The van der Waals surface area contributed by atoms with E-state index in [1.807, 2.05) is 0 Å². The highest BCUT2D eigenvalue weighted by Gasteiger charge is 2.25. The fourth-order valence-corrected chi connectivity index (χ4v) is 4.66. The van der Waals surface area contributed by atoms with Crippen LogP contribution in [0.5, 0.6) is 0 Å². The Morgan fingerprint density at radius 2 is 1.55 bits per heavy atom. The van der Waals surface area contributed by atoms with Gasteiger partial charge in [-0.1, -0.05) is 12.8 Å². The van der Waals surface area contributed by atoms with Crippen molar-refractivity contribution >= 4 is 21.7 Å². The number of carbonyl (C=O) groups excluding carboxylic acids is 1. The van der Waals surface area contributed by atoms with Crippen LogP contribution in [0.1, 0.15) is 41.6 Å². The number of ether oxygens (including phenoxy) is 1. The first-order valence-corrected chi connectivity index (χ1v) is 10.8. The molecule has 1 aliphatic rings. The largest absolute Gasteiger partial charge is 0.457 e. The third kappa shape index (κ3) is 5.18. The average Bonchev–Trinajstić information content (AvgIpc) is 3.02. The van der Waals surface area contributed by atoms with Crippen molar-refractivity contribution in [2.75, 3.05) is 13.1 Å². The van der Waals surface area contributed by atoms with Crippen LogP contribution < -0.4 is 0 Å². The van der Waals surface area contributed by atoms with Crippen molar-refractivity contribution in [1.82, 2.24) is 4.31 Å². The number of rotatable bonds is 6. The fraction of sp³-hybridized carbons (Fsp3) is 0.350. The summed E-state index contributed by atoms with van der Waals surface area (Å²) >= 11 is 0. The molecule has 0 saturated carbocycles. The number of carbonyl (C=O) groups is 1. The van der Waals surface area contributed by atoms with Crippen LogP contribution in [0, 0.1) is 10.1 Å². The smallest absolute Gasteiger partial charge is 0.338 e. The van der Waals surface area contributed by atoms with Gasteiger partial charge in [-0.25, -0.2) is 13.2 Å². The Labute approximate surface area is 169 Å². The molecule has 0 unspecified atom stereocenters. The fourth-order valence-electron chi connectivity index (χ4n) is 3.14. The molecule has 8 nitrogen and oxygen atoms in total. The van der Waals surface area contributed by atoms with Crippen LogP contribution in [0.3, 0.4) is 0 Å². The highest BCUT2D eigenvalue weighted by molar-refractivity contribution is 7.89. The van der Waals surface area contributed by atoms with Crippen LogP contribution >= 0.6 is 0 Å². The molecular weight excluding hydrogens is 396 g/mol. The molecule has 0 radical (unpaired) electrons. The summed E-state index contributed by atoms with van der Waals surface area (Å²) in [6, 6.07) is 11.4. The molecule has 1 fully saturated rings. The second-order valence-corrected chi connectivity index (χ2v) is 8.78. The zero-order valence-corrected chi connectivity index (χ0v) is 16.6. The summed E-state index contributed by atoms with van der Waals surface area (Å²) in [5.41, 5.74) is 0.812. The van der Waals surface area contributed by atoms with Gasteiger partial charge in [0.2, 0.25) is 10.0 Å². The van der Waals surface area contributed by atoms with Gasteiger partial charge in [0.05, 0.1) is 15.4 Å². The van der Waals surface area contributed by atoms with Crippen molar-refractivity contribution in [3.63, 3.8) is 0 Å². The molecule has 0 bridgehead atoms. The Hall–Kier alpha value is -2.78. The highest BCUT2D eigenvalue weighted by Crippen LogP contribution is 2.21. The number of benzene rings is 2. The SMILES string of the molecule is O=C(OCc1ccc([N+](=O)[O-])cc1)c1ccc(S(=O)(=O)N2CCCCCC2)cc1. The lowest BCUT2D eigenvalue weighted by molar-refractivity contribution is -0.384. The van der Waals surface area contributed by atoms with Crippen LogP contribution in [0.2, 0.25) is 0 Å². The van der Waals surface area contributed by atoms with Gasteiger partial charge in [0.25, 0.3) is 5.69 Å². The molecule has 0 aromatic heterocycles. The Kier molecular flexibility index (Phi) is 6.60. The van der Waals surface area contributed by atoms with Gasteiger partial charge in [-0.15, -0.1) is 0 Å². The number of non-ortho nitro benzene ring substituents is 1. The van der Waals surface area contributed by atoms with Gasteiger partial charge in [-0.3, -0.25) is 10.1 Å². The first-order chi connectivity index (χ1) is 13.9. The van der Waals surface area contributed by atoms with Crippen LogP contribution in [0.25, 0.3) is 0 Å². The molecule has 0 atom stereocenters. The van der Waals surface area contributed by atoms with Gasteiger partial charge in [0.15, 0.2) is 0 Å². The molecule has 2 aromatic carbocycles. The normalized spacial score (nSPS) is 15.4. The van der Waals surface area contributed by atoms with Crippen LogP contribution in [0.4, 0.5) is 5.69 Å². The van der Waals surface area contributed by atoms with E-state index in [-0.39, 0.29) is 22.8 Å². The van der Waals surface area contributed by atoms with E-state index >= 15 is 0 Å². The molecule has 1 saturated heterocycles. The predicted molar refractivity (Wildman–Crippen MR) is 106 cm³/mol. The molecule has 0 aliphatic carbocycles. The Morgan fingerprint density at radius 3 is 2.10 bits per heavy atom. The number of sulfonamides is 1. The van der Waals surface area contributed by atoms with Crippen LogP contribution in [0.15, 0.2) is 53.4 Å². The van der Waals surface area contributed by atoms with Gasteiger partial charge in [-0.05, 0) is 54.8 Å². The first-order valence-electron chi connectivity index (χ1n) is 9.38. The quantitative estimate of drug-likeness (QED) is 0.404. The topological polar surface area (TPSA) is 107 Å². The molecule has 0 amide bonds. The van der Waals surface area contributed by atoms with E-state index in [0.717, 1.165) is 25.7 Å². The summed E-state index contributed by atoms with van der Waals surface area (Å²) in [6.45, 7) is 0.993. The summed E-state index contributed by atoms with van der Waals surface area (Å²) in [5, 5.41) is 10.7. The molecule has 1 aliphatic heterocycles. The Bertz CT molecular complexity index is 963. The molecule has 9 heteroatoms. The zero-order chi connectivity index (χ0) is 20.9. The summed E-state index contributed by atoms with van der Waals surface area (Å²) in [4.78, 5) is 22.5. The second-order valence-electron chi connectivity index (χ2n) is 6.84. The van der Waals surface area contributed by atoms with Gasteiger partial charge in [0, 0.05) is 25.2 Å². The summed E-state index contributed by atoms with van der Waals surface area (Å²) < 4.78 is 32.2. The number of esters is 1.